The Morgan fingerprint density at radius 3 is 2.63 bits per heavy atom. The molecule has 0 bridgehead atoms. The number of primary amides is 1. The third-order valence-electron chi connectivity index (χ3n) is 4.67. The minimum Gasteiger partial charge on any atom is -0.366 e. The van der Waals surface area contributed by atoms with Crippen LogP contribution in [0.5, 0.6) is 0 Å². The molecular formula is C19H17ClFN3O5S. The molecule has 4 N–H and O–H groups in total. The van der Waals surface area contributed by atoms with Crippen LogP contribution in [0.15, 0.2) is 30.6 Å². The normalized spacial score (nSPS) is 12.8. The molecule has 11 heteroatoms. The molecule has 1 unspecified atom stereocenters. The van der Waals surface area contributed by atoms with Crippen LogP contribution in [-0.2, 0) is 10.1 Å². The number of amides is 1. The number of carbonyl (C=O) groups excluding carboxylic acids is 2. The second kappa shape index (κ2) is 8.13. The van der Waals surface area contributed by atoms with Gasteiger partial charge in [-0.2, -0.15) is 8.42 Å². The Hall–Kier alpha value is -2.82. The Morgan fingerprint density at radius 1 is 1.33 bits per heavy atom. The molecule has 1 aromatic carbocycles. The lowest BCUT2D eigenvalue weighted by Gasteiger charge is -2.18. The number of rotatable bonds is 7. The van der Waals surface area contributed by atoms with E-state index in [4.69, 9.17) is 17.3 Å². The number of halogens is 2. The molecule has 0 aliphatic carbocycles. The molecule has 0 aliphatic rings. The summed E-state index contributed by atoms with van der Waals surface area (Å²) in [6, 6.07) is 3.55. The van der Waals surface area contributed by atoms with E-state index in [-0.39, 0.29) is 28.0 Å². The van der Waals surface area contributed by atoms with Gasteiger partial charge in [0.25, 0.3) is 16.0 Å². The van der Waals surface area contributed by atoms with Crippen LogP contribution in [0.25, 0.3) is 11.0 Å². The fourth-order valence-electron chi connectivity index (χ4n) is 3.31. The maximum absolute atomic E-state index is 15.2. The maximum Gasteiger partial charge on any atom is 0.272 e. The first-order chi connectivity index (χ1) is 14.1. The van der Waals surface area contributed by atoms with Crippen LogP contribution in [0.3, 0.4) is 0 Å². The number of aromatic amines is 1. The van der Waals surface area contributed by atoms with E-state index in [1.165, 1.54) is 18.5 Å². The van der Waals surface area contributed by atoms with Crippen LogP contribution in [0.4, 0.5) is 4.39 Å². The van der Waals surface area contributed by atoms with Crippen molar-refractivity contribution in [3.8, 4) is 0 Å². The highest BCUT2D eigenvalue weighted by atomic mass is 35.5. The van der Waals surface area contributed by atoms with Crippen molar-refractivity contribution in [2.24, 2.45) is 5.73 Å². The highest BCUT2D eigenvalue weighted by Crippen LogP contribution is 2.34. The number of aromatic nitrogens is 2. The lowest BCUT2D eigenvalue weighted by Crippen LogP contribution is -2.21. The monoisotopic (exact) mass is 453 g/mol. The van der Waals surface area contributed by atoms with E-state index in [1.54, 1.807) is 6.92 Å². The van der Waals surface area contributed by atoms with Crippen LogP contribution < -0.4 is 5.73 Å². The fourth-order valence-corrected chi connectivity index (χ4v) is 4.52. The molecule has 0 spiro atoms. The minimum absolute atomic E-state index is 0.0349. The van der Waals surface area contributed by atoms with Crippen molar-refractivity contribution >= 4 is 44.4 Å². The summed E-state index contributed by atoms with van der Waals surface area (Å²) in [5.41, 5.74) is 3.95. The summed E-state index contributed by atoms with van der Waals surface area (Å²) < 4.78 is 48.9. The first kappa shape index (κ1) is 21.9. The molecular weight excluding hydrogens is 437 g/mol. The first-order valence-electron chi connectivity index (χ1n) is 8.82. The van der Waals surface area contributed by atoms with Crippen molar-refractivity contribution in [1.82, 2.24) is 9.97 Å². The predicted octanol–water partition coefficient (Wildman–Crippen LogP) is 3.41. The summed E-state index contributed by atoms with van der Waals surface area (Å²) >= 11 is 5.94. The van der Waals surface area contributed by atoms with Gasteiger partial charge in [0, 0.05) is 23.3 Å². The minimum atomic E-state index is -4.68. The van der Waals surface area contributed by atoms with Crippen LogP contribution in [0.2, 0.25) is 5.02 Å². The summed E-state index contributed by atoms with van der Waals surface area (Å²) in [6.07, 6.45) is 2.88. The Morgan fingerprint density at radius 2 is 2.03 bits per heavy atom. The molecule has 2 aromatic heterocycles. The van der Waals surface area contributed by atoms with E-state index in [0.717, 1.165) is 12.1 Å². The quantitative estimate of drug-likeness (QED) is 0.369. The molecule has 0 fully saturated rings. The molecule has 1 atom stereocenters. The number of hydrogen-bond acceptors (Lipinski definition) is 5. The predicted molar refractivity (Wildman–Crippen MR) is 109 cm³/mol. The van der Waals surface area contributed by atoms with Gasteiger partial charge in [-0.1, -0.05) is 31.0 Å². The van der Waals surface area contributed by atoms with E-state index < -0.39 is 44.0 Å². The summed E-state index contributed by atoms with van der Waals surface area (Å²) in [5, 5.41) is -1.06. The molecule has 3 aromatic rings. The molecule has 0 saturated carbocycles. The number of H-pyrrole nitrogens is 1. The number of nitrogens with two attached hydrogens (primary N) is 1. The van der Waals surface area contributed by atoms with E-state index in [2.05, 4.69) is 9.97 Å². The van der Waals surface area contributed by atoms with Crippen molar-refractivity contribution in [2.75, 3.05) is 0 Å². The van der Waals surface area contributed by atoms with Gasteiger partial charge in [0.15, 0.2) is 5.78 Å². The first-order valence-corrected chi connectivity index (χ1v) is 10.7. The van der Waals surface area contributed by atoms with Crippen LogP contribution in [0.1, 0.15) is 56.9 Å². The van der Waals surface area contributed by atoms with Gasteiger partial charge in [0.05, 0.1) is 16.1 Å². The highest BCUT2D eigenvalue weighted by Gasteiger charge is 2.33. The zero-order valence-electron chi connectivity index (χ0n) is 15.6. The number of fused-ring (bicyclic) bond motifs is 1. The summed E-state index contributed by atoms with van der Waals surface area (Å²) in [6.45, 7) is 1.67. The lowest BCUT2D eigenvalue weighted by atomic mass is 9.92. The molecule has 0 saturated heterocycles. The second-order valence-corrected chi connectivity index (χ2v) is 8.66. The van der Waals surface area contributed by atoms with Gasteiger partial charge in [-0.25, -0.2) is 9.37 Å². The SMILES string of the molecule is CCCC(c1ccc(C(N)=O)c(F)c1C(=O)c1c[nH]c2ncc(Cl)cc12)S(=O)(=O)O. The van der Waals surface area contributed by atoms with Gasteiger partial charge in [-0.15, -0.1) is 0 Å². The number of carbonyl (C=O) groups is 2. The topological polar surface area (TPSA) is 143 Å². The molecule has 1 amide bonds. The van der Waals surface area contributed by atoms with Gasteiger partial charge in [-0.3, -0.25) is 14.1 Å². The third-order valence-corrected chi connectivity index (χ3v) is 6.08. The highest BCUT2D eigenvalue weighted by molar-refractivity contribution is 7.86. The van der Waals surface area contributed by atoms with Gasteiger partial charge < -0.3 is 10.7 Å². The molecule has 30 heavy (non-hydrogen) atoms. The molecule has 0 radical (unpaired) electrons. The number of nitrogens with one attached hydrogen (secondary N) is 1. The van der Waals surface area contributed by atoms with E-state index in [0.29, 0.717) is 12.1 Å². The Balaban J connectivity index is 2.32. The zero-order chi connectivity index (χ0) is 22.2. The number of ketones is 1. The standard InChI is InChI=1S/C19H17ClFN3O5S/c1-2-3-14(30(27,28)29)10-4-5-11(18(22)26)16(21)15(10)17(25)13-8-24-19-12(13)6-9(20)7-23-19/h4-8,14H,2-3H2,1H3,(H2,22,26)(H,23,24)(H,27,28,29). The number of hydrogen-bond donors (Lipinski definition) is 3. The number of nitrogens with zero attached hydrogens (tertiary/aromatic N) is 1. The van der Waals surface area contributed by atoms with Gasteiger partial charge >= 0.3 is 0 Å². The van der Waals surface area contributed by atoms with Gasteiger partial charge in [0.1, 0.15) is 16.7 Å². The molecule has 8 nitrogen and oxygen atoms in total. The zero-order valence-corrected chi connectivity index (χ0v) is 17.2. The Bertz CT molecular complexity index is 1270. The average Bonchev–Trinajstić information content (AvgIpc) is 3.07. The Kier molecular flexibility index (Phi) is 5.93. The summed E-state index contributed by atoms with van der Waals surface area (Å²) in [7, 11) is -4.68. The summed E-state index contributed by atoms with van der Waals surface area (Å²) in [5.74, 6) is -3.31. The van der Waals surface area contributed by atoms with E-state index in [9.17, 15) is 22.6 Å². The van der Waals surface area contributed by atoms with E-state index >= 15 is 4.39 Å². The molecule has 158 valence electrons. The van der Waals surface area contributed by atoms with Gasteiger partial charge in [0.2, 0.25) is 0 Å². The maximum atomic E-state index is 15.2. The second-order valence-electron chi connectivity index (χ2n) is 6.63. The van der Waals surface area contributed by atoms with E-state index in [1.807, 2.05) is 0 Å². The van der Waals surface area contributed by atoms with Crippen molar-refractivity contribution in [3.63, 3.8) is 0 Å². The van der Waals surface area contributed by atoms with Crippen molar-refractivity contribution in [2.45, 2.75) is 25.0 Å². The molecule has 3 rings (SSSR count). The number of benzene rings is 1. The van der Waals surface area contributed by atoms with Crippen LogP contribution in [0, 0.1) is 5.82 Å². The number of pyridine rings is 1. The molecule has 0 aliphatic heterocycles. The smallest absolute Gasteiger partial charge is 0.272 e. The Labute approximate surface area is 176 Å². The fraction of sp³-hybridized carbons (Fsp3) is 0.211. The lowest BCUT2D eigenvalue weighted by molar-refractivity contribution is 0.0996. The third kappa shape index (κ3) is 3.93. The average molecular weight is 454 g/mol. The summed E-state index contributed by atoms with van der Waals surface area (Å²) in [4.78, 5) is 31.7. The van der Waals surface area contributed by atoms with Crippen LogP contribution >= 0.6 is 11.6 Å². The largest absolute Gasteiger partial charge is 0.366 e. The van der Waals surface area contributed by atoms with Gasteiger partial charge in [-0.05, 0) is 24.1 Å². The van der Waals surface area contributed by atoms with Crippen molar-refractivity contribution < 1.29 is 27.0 Å². The van der Waals surface area contributed by atoms with Crippen molar-refractivity contribution in [1.29, 1.82) is 0 Å². The van der Waals surface area contributed by atoms with Crippen LogP contribution in [-0.4, -0.2) is 34.6 Å². The molecule has 2 heterocycles. The van der Waals surface area contributed by atoms with Crippen molar-refractivity contribution in [3.05, 3.63) is 63.7 Å².